The molecule has 124 valence electrons. The molecule has 4 rings (SSSR count). The van der Waals surface area contributed by atoms with Gasteiger partial charge in [-0.15, -0.1) is 0 Å². The second-order valence-corrected chi connectivity index (χ2v) is 6.45. The Labute approximate surface area is 136 Å². The molecule has 2 aliphatic rings. The lowest BCUT2D eigenvalue weighted by molar-refractivity contribution is 0.122. The molecule has 2 aromatic heterocycles. The summed E-state index contributed by atoms with van der Waals surface area (Å²) in [4.78, 5) is 20.0. The van der Waals surface area contributed by atoms with E-state index < -0.39 is 0 Å². The molecule has 0 aliphatic carbocycles. The lowest BCUT2D eigenvalue weighted by atomic mass is 10.2. The third-order valence-electron chi connectivity index (χ3n) is 4.69. The summed E-state index contributed by atoms with van der Waals surface area (Å²) in [6.45, 7) is 9.43. The lowest BCUT2D eigenvalue weighted by Gasteiger charge is -2.34. The second-order valence-electron chi connectivity index (χ2n) is 6.45. The van der Waals surface area contributed by atoms with Crippen molar-refractivity contribution in [3.63, 3.8) is 0 Å². The summed E-state index contributed by atoms with van der Waals surface area (Å²) in [5.41, 5.74) is 2.07. The number of nitrogens with one attached hydrogen (secondary N) is 1. The van der Waals surface area contributed by atoms with E-state index in [-0.39, 0.29) is 0 Å². The van der Waals surface area contributed by atoms with Crippen LogP contribution < -0.4 is 9.80 Å². The minimum absolute atomic E-state index is 0.745. The number of morpholine rings is 1. The Kier molecular flexibility index (Phi) is 3.82. The minimum Gasteiger partial charge on any atom is -0.378 e. The topological polar surface area (TPSA) is 60.5 Å². The molecule has 2 aromatic rings. The maximum Gasteiger partial charge on any atom is 0.229 e. The van der Waals surface area contributed by atoms with Crippen molar-refractivity contribution >= 4 is 22.8 Å². The van der Waals surface area contributed by atoms with E-state index in [1.165, 1.54) is 0 Å². The van der Waals surface area contributed by atoms with Gasteiger partial charge in [0.15, 0.2) is 0 Å². The molecule has 7 nitrogen and oxygen atoms in total. The minimum atomic E-state index is 0.745. The molecule has 2 fully saturated rings. The van der Waals surface area contributed by atoms with E-state index in [1.807, 2.05) is 0 Å². The van der Waals surface area contributed by atoms with Gasteiger partial charge in [-0.25, -0.2) is 0 Å². The van der Waals surface area contributed by atoms with Gasteiger partial charge in [0.25, 0.3) is 0 Å². The van der Waals surface area contributed by atoms with Crippen molar-refractivity contribution in [2.75, 3.05) is 69.3 Å². The van der Waals surface area contributed by atoms with Gasteiger partial charge >= 0.3 is 0 Å². The Hall–Kier alpha value is -1.86. The molecule has 7 heteroatoms. The van der Waals surface area contributed by atoms with Crippen LogP contribution in [-0.2, 0) is 4.74 Å². The predicted octanol–water partition coefficient (Wildman–Crippen LogP) is 0.855. The van der Waals surface area contributed by atoms with Gasteiger partial charge in [-0.05, 0) is 20.0 Å². The van der Waals surface area contributed by atoms with Crippen LogP contribution in [0.25, 0.3) is 11.0 Å². The van der Waals surface area contributed by atoms with E-state index >= 15 is 0 Å². The van der Waals surface area contributed by atoms with Crippen LogP contribution in [0, 0.1) is 6.92 Å². The Balaban J connectivity index is 1.74. The van der Waals surface area contributed by atoms with Crippen LogP contribution in [0.3, 0.4) is 0 Å². The van der Waals surface area contributed by atoms with E-state index in [4.69, 9.17) is 14.7 Å². The van der Waals surface area contributed by atoms with Crippen molar-refractivity contribution in [3.8, 4) is 0 Å². The monoisotopic (exact) mass is 316 g/mol. The zero-order chi connectivity index (χ0) is 15.8. The fourth-order valence-electron chi connectivity index (χ4n) is 3.28. The zero-order valence-corrected chi connectivity index (χ0v) is 13.9. The molecule has 23 heavy (non-hydrogen) atoms. The SMILES string of the molecule is Cc1cc2c(N3CCN(C)CC3)nc(N3CCOCC3)nc2[nH]1. The van der Waals surface area contributed by atoms with Crippen LogP contribution in [0.1, 0.15) is 5.69 Å². The largest absolute Gasteiger partial charge is 0.378 e. The number of anilines is 2. The number of aromatic amines is 1. The van der Waals surface area contributed by atoms with Crippen molar-refractivity contribution in [2.45, 2.75) is 6.92 Å². The van der Waals surface area contributed by atoms with Crippen molar-refractivity contribution in [2.24, 2.45) is 0 Å². The molecular formula is C16H24N6O. The van der Waals surface area contributed by atoms with Crippen molar-refractivity contribution < 1.29 is 4.74 Å². The summed E-state index contributed by atoms with van der Waals surface area (Å²) < 4.78 is 5.45. The van der Waals surface area contributed by atoms with E-state index in [0.29, 0.717) is 0 Å². The molecule has 0 spiro atoms. The predicted molar refractivity (Wildman–Crippen MR) is 91.4 cm³/mol. The molecule has 0 amide bonds. The summed E-state index contributed by atoms with van der Waals surface area (Å²) in [5.74, 6) is 1.88. The fraction of sp³-hybridized carbons (Fsp3) is 0.625. The second kappa shape index (κ2) is 5.98. The van der Waals surface area contributed by atoms with Gasteiger partial charge in [-0.3, -0.25) is 0 Å². The van der Waals surface area contributed by atoms with Gasteiger partial charge in [0.05, 0.1) is 18.6 Å². The van der Waals surface area contributed by atoms with Gasteiger partial charge in [0.2, 0.25) is 5.95 Å². The van der Waals surface area contributed by atoms with Gasteiger partial charge in [-0.2, -0.15) is 9.97 Å². The van der Waals surface area contributed by atoms with E-state index in [2.05, 4.69) is 39.7 Å². The first-order valence-corrected chi connectivity index (χ1v) is 8.34. The molecule has 0 radical (unpaired) electrons. The quantitative estimate of drug-likeness (QED) is 0.886. The highest BCUT2D eigenvalue weighted by Crippen LogP contribution is 2.28. The first-order valence-electron chi connectivity index (χ1n) is 8.34. The van der Waals surface area contributed by atoms with Crippen LogP contribution in [0.15, 0.2) is 6.07 Å². The van der Waals surface area contributed by atoms with Crippen molar-refractivity contribution in [1.29, 1.82) is 0 Å². The zero-order valence-electron chi connectivity index (χ0n) is 13.9. The normalized spacial score (nSPS) is 20.4. The van der Waals surface area contributed by atoms with Crippen LogP contribution in [0.2, 0.25) is 0 Å². The number of rotatable bonds is 2. The Bertz CT molecular complexity index is 685. The highest BCUT2D eigenvalue weighted by atomic mass is 16.5. The summed E-state index contributed by atoms with van der Waals surface area (Å²) in [6.07, 6.45) is 0. The molecule has 4 heterocycles. The van der Waals surface area contributed by atoms with Gasteiger partial charge < -0.3 is 24.4 Å². The number of likely N-dealkylation sites (N-methyl/N-ethyl adjacent to an activating group) is 1. The van der Waals surface area contributed by atoms with Crippen molar-refractivity contribution in [3.05, 3.63) is 11.8 Å². The van der Waals surface area contributed by atoms with Crippen LogP contribution in [0.4, 0.5) is 11.8 Å². The molecule has 0 bridgehead atoms. The number of H-pyrrole nitrogens is 1. The van der Waals surface area contributed by atoms with Gasteiger partial charge in [0, 0.05) is 45.0 Å². The molecule has 1 N–H and O–H groups in total. The number of fused-ring (bicyclic) bond motifs is 1. The highest BCUT2D eigenvalue weighted by molar-refractivity contribution is 5.89. The third-order valence-corrected chi connectivity index (χ3v) is 4.69. The van der Waals surface area contributed by atoms with E-state index in [0.717, 1.165) is 81.0 Å². The number of nitrogens with zero attached hydrogens (tertiary/aromatic N) is 5. The van der Waals surface area contributed by atoms with E-state index in [9.17, 15) is 0 Å². The average molecular weight is 316 g/mol. The fourth-order valence-corrected chi connectivity index (χ4v) is 3.28. The maximum atomic E-state index is 5.45. The lowest BCUT2D eigenvalue weighted by Crippen LogP contribution is -2.45. The molecular weight excluding hydrogens is 292 g/mol. The summed E-state index contributed by atoms with van der Waals surface area (Å²) >= 11 is 0. The third kappa shape index (κ3) is 2.86. The molecule has 2 aliphatic heterocycles. The Morgan fingerprint density at radius 2 is 1.74 bits per heavy atom. The summed E-state index contributed by atoms with van der Waals surface area (Å²) in [5, 5.41) is 1.13. The van der Waals surface area contributed by atoms with Crippen LogP contribution in [0.5, 0.6) is 0 Å². The highest BCUT2D eigenvalue weighted by Gasteiger charge is 2.22. The number of hydrogen-bond donors (Lipinski definition) is 1. The smallest absolute Gasteiger partial charge is 0.229 e. The molecule has 0 aromatic carbocycles. The first-order chi connectivity index (χ1) is 11.2. The standard InChI is InChI=1S/C16H24N6O/c1-12-11-13-14(17-12)18-16(22-7-9-23-10-8-22)19-15(13)21-5-3-20(2)4-6-21/h11H,3-10H2,1-2H3,(H,17,18,19). The number of ether oxygens (including phenoxy) is 1. The molecule has 0 unspecified atom stereocenters. The van der Waals surface area contributed by atoms with Gasteiger partial charge in [0.1, 0.15) is 11.5 Å². The summed E-state index contributed by atoms with van der Waals surface area (Å²) in [6, 6.07) is 2.16. The van der Waals surface area contributed by atoms with Gasteiger partial charge in [-0.1, -0.05) is 0 Å². The summed E-state index contributed by atoms with van der Waals surface area (Å²) in [7, 11) is 2.17. The van der Waals surface area contributed by atoms with Crippen LogP contribution in [-0.4, -0.2) is 79.4 Å². The molecule has 2 saturated heterocycles. The maximum absolute atomic E-state index is 5.45. The average Bonchev–Trinajstić information content (AvgIpc) is 2.96. The van der Waals surface area contributed by atoms with E-state index in [1.54, 1.807) is 0 Å². The number of aryl methyl sites for hydroxylation is 1. The Morgan fingerprint density at radius 3 is 2.48 bits per heavy atom. The molecule has 0 saturated carbocycles. The number of piperazine rings is 1. The van der Waals surface area contributed by atoms with Crippen LogP contribution >= 0.6 is 0 Å². The van der Waals surface area contributed by atoms with Crippen molar-refractivity contribution in [1.82, 2.24) is 19.9 Å². The first kappa shape index (κ1) is 14.7. The number of hydrogen-bond acceptors (Lipinski definition) is 6. The molecule has 0 atom stereocenters. The Morgan fingerprint density at radius 1 is 1.00 bits per heavy atom. The number of aromatic nitrogens is 3.